The molecule has 7 heteroatoms. The van der Waals surface area contributed by atoms with Crippen LogP contribution in [-0.4, -0.2) is 21.8 Å². The summed E-state index contributed by atoms with van der Waals surface area (Å²) < 4.78 is 0. The molecule has 0 saturated heterocycles. The van der Waals surface area contributed by atoms with Crippen molar-refractivity contribution >= 4 is 40.0 Å². The average molecular weight is 419 g/mol. The number of halogens is 1. The Morgan fingerprint density at radius 1 is 1.03 bits per heavy atom. The van der Waals surface area contributed by atoms with Gasteiger partial charge in [0.05, 0.1) is 17.9 Å². The number of H-pyrrole nitrogens is 1. The smallest absolute Gasteiger partial charge is 0.270 e. The van der Waals surface area contributed by atoms with Gasteiger partial charge in [-0.1, -0.05) is 29.3 Å². The number of carbonyl (C=O) groups is 2. The summed E-state index contributed by atoms with van der Waals surface area (Å²) >= 11 is 5.91. The van der Waals surface area contributed by atoms with Crippen molar-refractivity contribution in [2.45, 2.75) is 13.5 Å². The highest BCUT2D eigenvalue weighted by atomic mass is 35.5. The Hall–Kier alpha value is -3.64. The fourth-order valence-corrected chi connectivity index (χ4v) is 3.28. The fourth-order valence-electron chi connectivity index (χ4n) is 3.15. The highest BCUT2D eigenvalue weighted by Gasteiger charge is 2.20. The molecule has 0 saturated carbocycles. The molecule has 4 aromatic rings. The van der Waals surface area contributed by atoms with Gasteiger partial charge in [0, 0.05) is 27.7 Å². The van der Waals surface area contributed by atoms with Crippen LogP contribution in [-0.2, 0) is 6.54 Å². The van der Waals surface area contributed by atoms with Gasteiger partial charge >= 0.3 is 0 Å². The van der Waals surface area contributed by atoms with E-state index in [0.29, 0.717) is 16.3 Å². The fraction of sp³-hybridized carbons (Fsp3) is 0.0870. The zero-order valence-electron chi connectivity index (χ0n) is 16.2. The maximum atomic E-state index is 12.9. The molecule has 0 bridgehead atoms. The minimum absolute atomic E-state index is 0.276. The van der Waals surface area contributed by atoms with E-state index < -0.39 is 0 Å². The summed E-state index contributed by atoms with van der Waals surface area (Å²) in [5.74, 6) is -0.659. The molecular weight excluding hydrogens is 400 g/mol. The Labute approximate surface area is 178 Å². The molecule has 2 aromatic carbocycles. The number of aromatic amines is 1. The average Bonchev–Trinajstić information content (AvgIpc) is 3.11. The molecule has 0 unspecified atom stereocenters. The molecule has 4 rings (SSSR count). The molecule has 0 aliphatic carbocycles. The van der Waals surface area contributed by atoms with Crippen LogP contribution in [0.5, 0.6) is 0 Å². The van der Waals surface area contributed by atoms with Gasteiger partial charge in [-0.3, -0.25) is 14.6 Å². The first-order valence-corrected chi connectivity index (χ1v) is 9.76. The van der Waals surface area contributed by atoms with Gasteiger partial charge in [0.25, 0.3) is 11.8 Å². The summed E-state index contributed by atoms with van der Waals surface area (Å²) in [6, 6.07) is 17.8. The topological polar surface area (TPSA) is 86.9 Å². The van der Waals surface area contributed by atoms with E-state index in [1.165, 1.54) is 0 Å². The van der Waals surface area contributed by atoms with E-state index in [1.54, 1.807) is 30.5 Å². The van der Waals surface area contributed by atoms with Gasteiger partial charge in [-0.25, -0.2) is 0 Å². The number of hydrogen-bond donors (Lipinski definition) is 3. The molecule has 0 aliphatic rings. The number of benzene rings is 2. The Morgan fingerprint density at radius 2 is 1.83 bits per heavy atom. The third kappa shape index (κ3) is 4.18. The molecule has 0 fully saturated rings. The highest BCUT2D eigenvalue weighted by Crippen LogP contribution is 2.29. The number of aromatic nitrogens is 2. The summed E-state index contributed by atoms with van der Waals surface area (Å²) in [5.41, 5.74) is 3.69. The number of pyridine rings is 1. The normalized spacial score (nSPS) is 10.7. The van der Waals surface area contributed by atoms with Crippen LogP contribution in [0.4, 0.5) is 5.69 Å². The molecule has 2 amide bonds. The second-order valence-corrected chi connectivity index (χ2v) is 7.33. The van der Waals surface area contributed by atoms with Crippen LogP contribution in [0.25, 0.3) is 10.9 Å². The van der Waals surface area contributed by atoms with E-state index in [9.17, 15) is 9.59 Å². The second-order valence-electron chi connectivity index (χ2n) is 6.89. The molecule has 0 aliphatic heterocycles. The monoisotopic (exact) mass is 418 g/mol. The lowest BCUT2D eigenvalue weighted by Crippen LogP contribution is -2.25. The van der Waals surface area contributed by atoms with Crippen molar-refractivity contribution in [1.82, 2.24) is 15.3 Å². The summed E-state index contributed by atoms with van der Waals surface area (Å²) in [5, 5.41) is 7.05. The first-order chi connectivity index (χ1) is 14.5. The lowest BCUT2D eigenvalue weighted by Gasteiger charge is -2.09. The van der Waals surface area contributed by atoms with E-state index >= 15 is 0 Å². The van der Waals surface area contributed by atoms with Crippen molar-refractivity contribution in [2.75, 3.05) is 5.32 Å². The van der Waals surface area contributed by atoms with Gasteiger partial charge < -0.3 is 15.6 Å². The molecule has 6 nitrogen and oxygen atoms in total. The summed E-state index contributed by atoms with van der Waals surface area (Å²) in [6.45, 7) is 2.23. The second kappa shape index (κ2) is 8.39. The first kappa shape index (κ1) is 19.7. The van der Waals surface area contributed by atoms with Crippen molar-refractivity contribution in [3.8, 4) is 0 Å². The van der Waals surface area contributed by atoms with Crippen molar-refractivity contribution in [1.29, 1.82) is 0 Å². The molecule has 2 heterocycles. The molecule has 2 aromatic heterocycles. The quantitative estimate of drug-likeness (QED) is 0.438. The van der Waals surface area contributed by atoms with Crippen molar-refractivity contribution in [3.05, 3.63) is 94.4 Å². The molecule has 30 heavy (non-hydrogen) atoms. The number of rotatable bonds is 5. The Balaban J connectivity index is 1.66. The van der Waals surface area contributed by atoms with Crippen LogP contribution >= 0.6 is 11.6 Å². The highest BCUT2D eigenvalue weighted by molar-refractivity contribution is 6.30. The maximum Gasteiger partial charge on any atom is 0.270 e. The molecule has 0 atom stereocenters. The van der Waals surface area contributed by atoms with Gasteiger partial charge in [-0.15, -0.1) is 0 Å². The van der Waals surface area contributed by atoms with Gasteiger partial charge in [-0.05, 0) is 55.5 Å². The van der Waals surface area contributed by atoms with Gasteiger partial charge in [-0.2, -0.15) is 0 Å². The zero-order valence-corrected chi connectivity index (χ0v) is 17.0. The maximum absolute atomic E-state index is 12.9. The predicted molar refractivity (Wildman–Crippen MR) is 118 cm³/mol. The molecule has 0 radical (unpaired) electrons. The van der Waals surface area contributed by atoms with Crippen LogP contribution in [0.3, 0.4) is 0 Å². The number of fused-ring (bicyclic) bond motifs is 1. The number of aryl methyl sites for hydroxylation is 1. The van der Waals surface area contributed by atoms with E-state index in [1.807, 2.05) is 43.3 Å². The minimum Gasteiger partial charge on any atom is -0.349 e. The standard InChI is InChI=1S/C23H19ClN4O2/c1-14-5-10-19-18(12-14)20(28-22(29)15-6-8-16(24)9-7-15)21(27-19)23(30)26-13-17-4-2-3-11-25-17/h2-12,27H,13H2,1H3,(H,26,30)(H,28,29). The zero-order chi connectivity index (χ0) is 21.1. The number of nitrogens with one attached hydrogen (secondary N) is 3. The number of hydrogen-bond acceptors (Lipinski definition) is 3. The lowest BCUT2D eigenvalue weighted by atomic mass is 10.1. The third-order valence-corrected chi connectivity index (χ3v) is 4.93. The van der Waals surface area contributed by atoms with Gasteiger partial charge in [0.15, 0.2) is 0 Å². The van der Waals surface area contributed by atoms with Gasteiger partial charge in [0.1, 0.15) is 5.69 Å². The SMILES string of the molecule is Cc1ccc2[nH]c(C(=O)NCc3ccccn3)c(NC(=O)c3ccc(Cl)cc3)c2c1. The van der Waals surface area contributed by atoms with Crippen LogP contribution in [0, 0.1) is 6.92 Å². The van der Waals surface area contributed by atoms with Crippen LogP contribution in [0.1, 0.15) is 32.1 Å². The molecule has 150 valence electrons. The van der Waals surface area contributed by atoms with Crippen LogP contribution in [0.15, 0.2) is 66.9 Å². The van der Waals surface area contributed by atoms with Crippen LogP contribution < -0.4 is 10.6 Å². The Kier molecular flexibility index (Phi) is 5.50. The molecule has 0 spiro atoms. The number of anilines is 1. The molecular formula is C23H19ClN4O2. The predicted octanol–water partition coefficient (Wildman–Crippen LogP) is 4.71. The largest absolute Gasteiger partial charge is 0.349 e. The van der Waals surface area contributed by atoms with Crippen molar-refractivity contribution in [2.24, 2.45) is 0 Å². The van der Waals surface area contributed by atoms with Crippen molar-refractivity contribution < 1.29 is 9.59 Å². The lowest BCUT2D eigenvalue weighted by molar-refractivity contribution is 0.0947. The van der Waals surface area contributed by atoms with Crippen LogP contribution in [0.2, 0.25) is 5.02 Å². The summed E-state index contributed by atoms with van der Waals surface area (Å²) in [4.78, 5) is 33.0. The minimum atomic E-state index is -0.332. The van der Waals surface area contributed by atoms with Crippen molar-refractivity contribution in [3.63, 3.8) is 0 Å². The molecule has 3 N–H and O–H groups in total. The summed E-state index contributed by atoms with van der Waals surface area (Å²) in [6.07, 6.45) is 1.67. The van der Waals surface area contributed by atoms with E-state index in [4.69, 9.17) is 11.6 Å². The third-order valence-electron chi connectivity index (χ3n) is 4.68. The summed E-state index contributed by atoms with van der Waals surface area (Å²) in [7, 11) is 0. The van der Waals surface area contributed by atoms with E-state index in [-0.39, 0.29) is 24.1 Å². The number of nitrogens with zero attached hydrogens (tertiary/aromatic N) is 1. The van der Waals surface area contributed by atoms with E-state index in [2.05, 4.69) is 20.6 Å². The van der Waals surface area contributed by atoms with Gasteiger partial charge in [0.2, 0.25) is 0 Å². The first-order valence-electron chi connectivity index (χ1n) is 9.38. The Morgan fingerprint density at radius 3 is 2.57 bits per heavy atom. The van der Waals surface area contributed by atoms with E-state index in [0.717, 1.165) is 22.2 Å². The Bertz CT molecular complexity index is 1220. The number of carbonyl (C=O) groups excluding carboxylic acids is 2. The number of amides is 2.